The Kier molecular flexibility index (Phi) is 1.78. The lowest BCUT2D eigenvalue weighted by Gasteiger charge is -1.86. The van der Waals surface area contributed by atoms with Crippen LogP contribution in [0.5, 0.6) is 0 Å². The predicted molar refractivity (Wildman–Crippen MR) is 46.2 cm³/mol. The Labute approximate surface area is 73.2 Å². The normalized spacial score (nSPS) is 11.2. The van der Waals surface area contributed by atoms with E-state index in [1.165, 1.54) is 0 Å². The number of hydrogen-bond donors (Lipinski definition) is 1. The molecule has 0 radical (unpaired) electrons. The highest BCUT2D eigenvalue weighted by Gasteiger charge is 2.06. The van der Waals surface area contributed by atoms with Crippen molar-refractivity contribution in [1.29, 1.82) is 0 Å². The summed E-state index contributed by atoms with van der Waals surface area (Å²) in [6, 6.07) is 0. The van der Waals surface area contributed by atoms with Crippen LogP contribution in [0.25, 0.3) is 4.96 Å². The third kappa shape index (κ3) is 1.09. The fraction of sp³-hybridized carbons (Fsp3) is 0.500. The van der Waals surface area contributed by atoms with Gasteiger partial charge < -0.3 is 5.73 Å². The van der Waals surface area contributed by atoms with Gasteiger partial charge in [0.05, 0.1) is 0 Å². The van der Waals surface area contributed by atoms with Gasteiger partial charge in [-0.25, -0.2) is 0 Å². The van der Waals surface area contributed by atoms with Crippen LogP contribution in [-0.2, 0) is 6.42 Å². The second kappa shape index (κ2) is 2.80. The number of hydrogen-bond acceptors (Lipinski definition) is 5. The first-order valence-electron chi connectivity index (χ1n) is 3.69. The molecule has 0 aromatic carbocycles. The standard InChI is InChI=1S/C6H9N5S/c1-4-8-9-6-11(4)10-5(12-6)2-3-7/h2-3,7H2,1H3. The molecule has 0 saturated heterocycles. The summed E-state index contributed by atoms with van der Waals surface area (Å²) in [6.07, 6.45) is 0.813. The zero-order chi connectivity index (χ0) is 8.55. The van der Waals surface area contributed by atoms with Gasteiger partial charge in [-0.05, 0) is 13.5 Å². The van der Waals surface area contributed by atoms with Crippen molar-refractivity contribution >= 4 is 16.3 Å². The molecule has 0 spiro atoms. The first-order chi connectivity index (χ1) is 5.81. The molecule has 0 unspecified atom stereocenters. The van der Waals surface area contributed by atoms with Crippen molar-refractivity contribution in [2.45, 2.75) is 13.3 Å². The van der Waals surface area contributed by atoms with Crippen LogP contribution in [0.15, 0.2) is 0 Å². The zero-order valence-corrected chi connectivity index (χ0v) is 7.51. The molecule has 2 aromatic heterocycles. The van der Waals surface area contributed by atoms with Crippen molar-refractivity contribution in [3.8, 4) is 0 Å². The van der Waals surface area contributed by atoms with Crippen LogP contribution in [0, 0.1) is 6.92 Å². The number of fused-ring (bicyclic) bond motifs is 1. The first kappa shape index (κ1) is 7.63. The third-order valence-corrected chi connectivity index (χ3v) is 2.51. The summed E-state index contributed by atoms with van der Waals surface area (Å²) in [4.78, 5) is 0.843. The smallest absolute Gasteiger partial charge is 0.234 e. The minimum absolute atomic E-state index is 0.628. The van der Waals surface area contributed by atoms with E-state index in [0.717, 1.165) is 22.2 Å². The van der Waals surface area contributed by atoms with Crippen LogP contribution >= 0.6 is 11.3 Å². The fourth-order valence-corrected chi connectivity index (χ4v) is 1.87. The molecule has 2 N–H and O–H groups in total. The maximum absolute atomic E-state index is 5.41. The van der Waals surface area contributed by atoms with Gasteiger partial charge in [0.25, 0.3) is 0 Å². The van der Waals surface area contributed by atoms with E-state index in [0.29, 0.717) is 6.54 Å². The van der Waals surface area contributed by atoms with Crippen LogP contribution < -0.4 is 5.73 Å². The Morgan fingerprint density at radius 3 is 3.00 bits per heavy atom. The van der Waals surface area contributed by atoms with Gasteiger partial charge in [0.2, 0.25) is 4.96 Å². The summed E-state index contributed by atoms with van der Waals surface area (Å²) in [5, 5.41) is 13.1. The van der Waals surface area contributed by atoms with Crippen molar-refractivity contribution in [3.05, 3.63) is 10.8 Å². The highest BCUT2D eigenvalue weighted by Crippen LogP contribution is 2.13. The van der Waals surface area contributed by atoms with Crippen molar-refractivity contribution in [2.24, 2.45) is 5.73 Å². The Bertz CT molecular complexity index is 389. The molecule has 12 heavy (non-hydrogen) atoms. The van der Waals surface area contributed by atoms with E-state index < -0.39 is 0 Å². The van der Waals surface area contributed by atoms with E-state index in [2.05, 4.69) is 15.3 Å². The number of rotatable bonds is 2. The summed E-state index contributed by atoms with van der Waals surface area (Å²) >= 11 is 1.54. The van der Waals surface area contributed by atoms with Gasteiger partial charge in [-0.2, -0.15) is 9.61 Å². The minimum atomic E-state index is 0.628. The molecule has 0 saturated carbocycles. The maximum atomic E-state index is 5.41. The van der Waals surface area contributed by atoms with Crippen LogP contribution in [0.4, 0.5) is 0 Å². The monoisotopic (exact) mass is 183 g/mol. The summed E-state index contributed by atoms with van der Waals surface area (Å²) < 4.78 is 1.75. The molecule has 0 atom stereocenters. The van der Waals surface area contributed by atoms with Crippen molar-refractivity contribution in [2.75, 3.05) is 6.54 Å². The van der Waals surface area contributed by atoms with Crippen LogP contribution in [0.1, 0.15) is 10.8 Å². The van der Waals surface area contributed by atoms with E-state index in [1.54, 1.807) is 15.9 Å². The topological polar surface area (TPSA) is 69.1 Å². The zero-order valence-electron chi connectivity index (χ0n) is 6.69. The molecule has 2 heterocycles. The minimum Gasteiger partial charge on any atom is -0.330 e. The van der Waals surface area contributed by atoms with Gasteiger partial charge in [-0.15, -0.1) is 10.2 Å². The summed E-state index contributed by atoms with van der Waals surface area (Å²) in [6.45, 7) is 2.51. The summed E-state index contributed by atoms with van der Waals surface area (Å²) in [5.41, 5.74) is 5.41. The van der Waals surface area contributed by atoms with Crippen LogP contribution in [0.2, 0.25) is 0 Å². The van der Waals surface area contributed by atoms with Gasteiger partial charge in [0.15, 0.2) is 5.82 Å². The fourth-order valence-electron chi connectivity index (χ4n) is 0.979. The predicted octanol–water partition coefficient (Wildman–Crippen LogP) is -0.00458. The average Bonchev–Trinajstić information content (AvgIpc) is 2.55. The van der Waals surface area contributed by atoms with Crippen LogP contribution in [0.3, 0.4) is 0 Å². The molecule has 0 aliphatic rings. The Morgan fingerprint density at radius 2 is 2.33 bits per heavy atom. The lowest BCUT2D eigenvalue weighted by molar-refractivity contribution is 0.837. The lowest BCUT2D eigenvalue weighted by Crippen LogP contribution is -2.02. The Balaban J connectivity index is 2.48. The van der Waals surface area contributed by atoms with Crippen molar-refractivity contribution in [3.63, 3.8) is 0 Å². The van der Waals surface area contributed by atoms with E-state index in [9.17, 15) is 0 Å². The molecule has 0 aliphatic carbocycles. The third-order valence-electron chi connectivity index (χ3n) is 1.55. The van der Waals surface area contributed by atoms with Gasteiger partial charge in [-0.1, -0.05) is 11.3 Å². The number of aromatic nitrogens is 4. The SMILES string of the molecule is Cc1nnc2sc(CCN)nn12. The molecule has 6 heteroatoms. The molecule has 2 aromatic rings. The molecule has 0 amide bonds. The van der Waals surface area contributed by atoms with Crippen molar-refractivity contribution in [1.82, 2.24) is 19.8 Å². The Hall–Kier alpha value is -1.01. The number of nitrogens with zero attached hydrogens (tertiary/aromatic N) is 4. The quantitative estimate of drug-likeness (QED) is 0.711. The van der Waals surface area contributed by atoms with Gasteiger partial charge >= 0.3 is 0 Å². The van der Waals surface area contributed by atoms with Gasteiger partial charge in [0.1, 0.15) is 5.01 Å². The highest BCUT2D eigenvalue weighted by molar-refractivity contribution is 7.16. The first-order valence-corrected chi connectivity index (χ1v) is 4.50. The largest absolute Gasteiger partial charge is 0.330 e. The van der Waals surface area contributed by atoms with E-state index >= 15 is 0 Å². The van der Waals surface area contributed by atoms with E-state index in [-0.39, 0.29) is 0 Å². The molecule has 0 bridgehead atoms. The summed E-state index contributed by atoms with van der Waals surface area (Å²) in [7, 11) is 0. The number of aryl methyl sites for hydroxylation is 1. The van der Waals surface area contributed by atoms with E-state index in [4.69, 9.17) is 5.73 Å². The van der Waals surface area contributed by atoms with E-state index in [1.807, 2.05) is 6.92 Å². The highest BCUT2D eigenvalue weighted by atomic mass is 32.1. The lowest BCUT2D eigenvalue weighted by atomic mass is 10.5. The maximum Gasteiger partial charge on any atom is 0.234 e. The molecule has 0 fully saturated rings. The molecule has 0 aliphatic heterocycles. The van der Waals surface area contributed by atoms with Gasteiger partial charge in [-0.3, -0.25) is 0 Å². The second-order valence-electron chi connectivity index (χ2n) is 2.48. The second-order valence-corrected chi connectivity index (χ2v) is 3.52. The van der Waals surface area contributed by atoms with Crippen molar-refractivity contribution < 1.29 is 0 Å². The Morgan fingerprint density at radius 1 is 1.50 bits per heavy atom. The molecular formula is C6H9N5S. The average molecular weight is 183 g/mol. The van der Waals surface area contributed by atoms with Gasteiger partial charge in [0, 0.05) is 6.42 Å². The number of nitrogens with two attached hydrogens (primary N) is 1. The summed E-state index contributed by atoms with van der Waals surface area (Å²) in [5.74, 6) is 0.824. The van der Waals surface area contributed by atoms with Crippen LogP contribution in [-0.4, -0.2) is 26.4 Å². The molecule has 5 nitrogen and oxygen atoms in total. The molecule has 2 rings (SSSR count). The molecule has 64 valence electrons. The molecular weight excluding hydrogens is 174 g/mol.